The molecule has 4 aliphatic rings. The van der Waals surface area contributed by atoms with Crippen LogP contribution in [-0.2, 0) is 16.8 Å². The summed E-state index contributed by atoms with van der Waals surface area (Å²) in [5, 5.41) is 14.2. The second-order valence-electron chi connectivity index (χ2n) is 8.77. The molecule has 0 saturated carbocycles. The summed E-state index contributed by atoms with van der Waals surface area (Å²) in [7, 11) is 0. The first-order valence-electron chi connectivity index (χ1n) is 11.2. The van der Waals surface area contributed by atoms with Gasteiger partial charge in [-0.1, -0.05) is 42.3 Å². The van der Waals surface area contributed by atoms with Crippen molar-refractivity contribution in [2.45, 2.75) is 30.9 Å². The molecule has 4 aliphatic heterocycles. The zero-order chi connectivity index (χ0) is 21.3. The van der Waals surface area contributed by atoms with E-state index >= 15 is 0 Å². The lowest BCUT2D eigenvalue weighted by Crippen LogP contribution is -2.63. The first-order valence-corrected chi connectivity index (χ1v) is 11.2. The number of terminal acetylenes is 1. The molecule has 6 rings (SSSR count). The molecule has 0 amide bonds. The van der Waals surface area contributed by atoms with Gasteiger partial charge in [0, 0.05) is 25.1 Å². The van der Waals surface area contributed by atoms with Crippen LogP contribution >= 0.6 is 0 Å². The number of nitrogens with zero attached hydrogens (tertiary/aromatic N) is 3. The van der Waals surface area contributed by atoms with Gasteiger partial charge in [-0.25, -0.2) is 9.99 Å². The van der Waals surface area contributed by atoms with Gasteiger partial charge in [0.05, 0.1) is 18.9 Å². The Bertz CT molecular complexity index is 946. The number of anilines is 1. The van der Waals surface area contributed by atoms with Gasteiger partial charge in [-0.15, -0.1) is 6.42 Å². The number of morpholine rings is 1. The van der Waals surface area contributed by atoms with Crippen molar-refractivity contribution in [2.24, 2.45) is 5.92 Å². The van der Waals surface area contributed by atoms with Gasteiger partial charge in [0.2, 0.25) is 0 Å². The molecule has 2 N–H and O–H groups in total. The third-order valence-electron chi connectivity index (χ3n) is 7.00. The Morgan fingerprint density at radius 1 is 1.10 bits per heavy atom. The average Bonchev–Trinajstić information content (AvgIpc) is 2.81. The highest BCUT2D eigenvalue weighted by Crippen LogP contribution is 2.47. The Balaban J connectivity index is 1.53. The molecular weight excluding hydrogens is 388 g/mol. The van der Waals surface area contributed by atoms with E-state index in [1.54, 1.807) is 0 Å². The molecule has 2 bridgehead atoms. The highest BCUT2D eigenvalue weighted by atomic mass is 16.5. The van der Waals surface area contributed by atoms with Crippen LogP contribution in [0.5, 0.6) is 0 Å². The van der Waals surface area contributed by atoms with E-state index in [-0.39, 0.29) is 12.0 Å². The minimum atomic E-state index is -1.07. The molecule has 31 heavy (non-hydrogen) atoms. The molecule has 4 fully saturated rings. The monoisotopic (exact) mass is 418 g/mol. The van der Waals surface area contributed by atoms with Crippen LogP contribution in [-0.4, -0.2) is 65.4 Å². The Kier molecular flexibility index (Phi) is 5.68. The minimum absolute atomic E-state index is 0.160. The van der Waals surface area contributed by atoms with Crippen molar-refractivity contribution >= 4 is 5.82 Å². The molecule has 6 nitrogen and oxygen atoms in total. The fourth-order valence-corrected chi connectivity index (χ4v) is 5.39. The number of rotatable bonds is 5. The molecule has 0 aliphatic carbocycles. The molecule has 4 saturated heterocycles. The zero-order valence-corrected chi connectivity index (χ0v) is 17.8. The Morgan fingerprint density at radius 3 is 2.55 bits per heavy atom. The zero-order valence-electron chi connectivity index (χ0n) is 17.8. The average molecular weight is 419 g/mol. The smallest absolute Gasteiger partial charge is 0.140 e. The predicted molar refractivity (Wildman–Crippen MR) is 120 cm³/mol. The summed E-state index contributed by atoms with van der Waals surface area (Å²) in [5.74, 6) is 3.86. The van der Waals surface area contributed by atoms with Crippen molar-refractivity contribution in [1.82, 2.24) is 14.9 Å². The van der Waals surface area contributed by atoms with Crippen molar-refractivity contribution in [2.75, 3.05) is 44.8 Å². The number of nitrogens with one attached hydrogen (secondary N) is 1. The van der Waals surface area contributed by atoms with Gasteiger partial charge in [0.25, 0.3) is 0 Å². The molecule has 0 radical (unpaired) electrons. The van der Waals surface area contributed by atoms with Gasteiger partial charge in [0.15, 0.2) is 0 Å². The minimum Gasteiger partial charge on any atom is -0.382 e. The van der Waals surface area contributed by atoms with Crippen molar-refractivity contribution < 1.29 is 9.84 Å². The fraction of sp³-hybridized carbons (Fsp3) is 0.480. The first-order chi connectivity index (χ1) is 15.2. The Morgan fingerprint density at radius 2 is 1.84 bits per heavy atom. The van der Waals surface area contributed by atoms with Crippen LogP contribution < -0.4 is 5.43 Å². The SMILES string of the molecule is C#CC1N2CCC(CC2)C1(O)c1ccc(NN2CCOCC2)nc1Cc1ccccc1. The number of ether oxygens (including phenoxy) is 1. The van der Waals surface area contributed by atoms with Gasteiger partial charge in [-0.3, -0.25) is 4.90 Å². The predicted octanol–water partition coefficient (Wildman–Crippen LogP) is 2.25. The fourth-order valence-electron chi connectivity index (χ4n) is 5.39. The molecular formula is C25H30N4O2. The number of aliphatic hydroxyl groups is 1. The molecule has 2 atom stereocenters. The number of fused-ring (bicyclic) bond motifs is 3. The maximum absolute atomic E-state index is 12.1. The summed E-state index contributed by atoms with van der Waals surface area (Å²) in [6.07, 6.45) is 8.54. The van der Waals surface area contributed by atoms with Crippen LogP contribution in [0.25, 0.3) is 0 Å². The van der Waals surface area contributed by atoms with Gasteiger partial charge >= 0.3 is 0 Å². The molecule has 0 spiro atoms. The summed E-state index contributed by atoms with van der Waals surface area (Å²) < 4.78 is 5.45. The summed E-state index contributed by atoms with van der Waals surface area (Å²) in [5.41, 5.74) is 5.28. The lowest BCUT2D eigenvalue weighted by Gasteiger charge is -2.54. The van der Waals surface area contributed by atoms with Crippen molar-refractivity contribution in [3.05, 3.63) is 59.3 Å². The van der Waals surface area contributed by atoms with E-state index in [1.165, 1.54) is 5.56 Å². The maximum atomic E-state index is 12.1. The molecule has 2 aromatic rings. The van der Waals surface area contributed by atoms with E-state index in [2.05, 4.69) is 33.4 Å². The van der Waals surface area contributed by atoms with Gasteiger partial charge in [-0.2, -0.15) is 0 Å². The van der Waals surface area contributed by atoms with Gasteiger partial charge < -0.3 is 15.3 Å². The van der Waals surface area contributed by atoms with E-state index in [1.807, 2.05) is 30.3 Å². The summed E-state index contributed by atoms with van der Waals surface area (Å²) in [6, 6.07) is 14.0. The van der Waals surface area contributed by atoms with Crippen LogP contribution in [0.4, 0.5) is 5.82 Å². The Hall–Kier alpha value is -2.43. The Labute approximate surface area is 184 Å². The lowest BCUT2D eigenvalue weighted by molar-refractivity contribution is -0.143. The number of hydrazine groups is 1. The largest absolute Gasteiger partial charge is 0.382 e. The molecule has 5 heterocycles. The molecule has 1 aromatic heterocycles. The first kappa shape index (κ1) is 20.5. The van der Waals surface area contributed by atoms with Crippen LogP contribution in [0.3, 0.4) is 0 Å². The summed E-state index contributed by atoms with van der Waals surface area (Å²) in [6.45, 7) is 4.97. The normalized spacial score (nSPS) is 30.6. The van der Waals surface area contributed by atoms with Crippen LogP contribution in [0.1, 0.15) is 29.7 Å². The highest BCUT2D eigenvalue weighted by Gasteiger charge is 2.54. The number of hydrogen-bond donors (Lipinski definition) is 2. The third-order valence-corrected chi connectivity index (χ3v) is 7.00. The van der Waals surface area contributed by atoms with Crippen molar-refractivity contribution in [3.63, 3.8) is 0 Å². The van der Waals surface area contributed by atoms with E-state index in [4.69, 9.17) is 16.1 Å². The van der Waals surface area contributed by atoms with E-state index in [9.17, 15) is 5.11 Å². The topological polar surface area (TPSA) is 60.9 Å². The molecule has 162 valence electrons. The second-order valence-corrected chi connectivity index (χ2v) is 8.77. The second kappa shape index (κ2) is 8.60. The van der Waals surface area contributed by atoms with E-state index in [0.717, 1.165) is 56.1 Å². The standard InChI is InChI=1S/C25H30N4O2/c1-2-23-25(30,20-10-12-28(23)13-11-20)21-8-9-24(27-29-14-16-31-17-15-29)26-22(21)18-19-6-4-3-5-7-19/h1,3-9,20,23,30H,10-18H2,(H,26,27). The molecule has 6 heteroatoms. The summed E-state index contributed by atoms with van der Waals surface area (Å²) >= 11 is 0. The van der Waals surface area contributed by atoms with E-state index in [0.29, 0.717) is 19.6 Å². The number of benzene rings is 1. The third kappa shape index (κ3) is 3.83. The van der Waals surface area contributed by atoms with Gasteiger partial charge in [-0.05, 0) is 43.5 Å². The number of hydrogen-bond acceptors (Lipinski definition) is 6. The maximum Gasteiger partial charge on any atom is 0.140 e. The number of pyridine rings is 1. The highest BCUT2D eigenvalue weighted by molar-refractivity contribution is 5.44. The van der Waals surface area contributed by atoms with Crippen LogP contribution in [0, 0.1) is 18.3 Å². The molecule has 2 unspecified atom stereocenters. The molecule has 1 aromatic carbocycles. The van der Waals surface area contributed by atoms with Gasteiger partial charge in [0.1, 0.15) is 17.5 Å². The number of piperidine rings is 3. The van der Waals surface area contributed by atoms with Crippen LogP contribution in [0.15, 0.2) is 42.5 Å². The van der Waals surface area contributed by atoms with Crippen molar-refractivity contribution in [1.29, 1.82) is 0 Å². The van der Waals surface area contributed by atoms with Crippen molar-refractivity contribution in [3.8, 4) is 12.3 Å². The lowest BCUT2D eigenvalue weighted by atomic mass is 9.66. The quantitative estimate of drug-likeness (QED) is 0.727. The van der Waals surface area contributed by atoms with Crippen LogP contribution in [0.2, 0.25) is 0 Å². The summed E-state index contributed by atoms with van der Waals surface area (Å²) in [4.78, 5) is 7.25. The number of aromatic nitrogens is 1. The van der Waals surface area contributed by atoms with E-state index < -0.39 is 5.60 Å².